The Morgan fingerprint density at radius 2 is 2.25 bits per heavy atom. The van der Waals surface area contributed by atoms with Crippen molar-refractivity contribution in [1.29, 1.82) is 0 Å². The van der Waals surface area contributed by atoms with Crippen LogP contribution in [0.4, 0.5) is 4.39 Å². The molecule has 2 aromatic rings. The van der Waals surface area contributed by atoms with Gasteiger partial charge >= 0.3 is 0 Å². The van der Waals surface area contributed by atoms with Gasteiger partial charge in [-0.2, -0.15) is 0 Å². The van der Waals surface area contributed by atoms with E-state index >= 15 is 0 Å². The van der Waals surface area contributed by atoms with Gasteiger partial charge in [0.15, 0.2) is 5.82 Å². The molecule has 6 nitrogen and oxygen atoms in total. The predicted molar refractivity (Wildman–Crippen MR) is 87.6 cm³/mol. The van der Waals surface area contributed by atoms with Crippen LogP contribution in [0.25, 0.3) is 10.9 Å². The maximum atomic E-state index is 14.5. The highest BCUT2D eigenvalue weighted by Gasteiger charge is 2.33. The average molecular weight is 354 g/mol. The van der Waals surface area contributed by atoms with E-state index in [1.165, 1.54) is 18.0 Å². The van der Waals surface area contributed by atoms with Crippen molar-refractivity contribution in [3.63, 3.8) is 0 Å². The first-order valence-electron chi connectivity index (χ1n) is 7.55. The minimum absolute atomic E-state index is 0.143. The molecule has 3 rings (SSSR count). The summed E-state index contributed by atoms with van der Waals surface area (Å²) in [7, 11) is 1.48. The minimum atomic E-state index is -0.624. The maximum absolute atomic E-state index is 14.5. The van der Waals surface area contributed by atoms with Gasteiger partial charge in [-0.15, -0.1) is 0 Å². The first kappa shape index (κ1) is 16.7. The average Bonchev–Trinajstić information content (AvgIpc) is 2.97. The number of aliphatic hydroxyl groups is 1. The Labute approximate surface area is 142 Å². The van der Waals surface area contributed by atoms with Crippen LogP contribution >= 0.6 is 11.6 Å². The van der Waals surface area contributed by atoms with Crippen molar-refractivity contribution in [1.82, 2.24) is 15.2 Å². The molecular weight excluding hydrogens is 337 g/mol. The van der Waals surface area contributed by atoms with Crippen LogP contribution in [0.1, 0.15) is 34.6 Å². The Kier molecular flexibility index (Phi) is 4.23. The van der Waals surface area contributed by atoms with E-state index in [9.17, 15) is 14.0 Å². The molecule has 0 saturated carbocycles. The standard InChI is InChI=1S/C16H17ClFN3O3/c1-7-12-10(3-4-21(7)11(23)6-22)20-15-13(12)8(16(24)19-2)5-9(17)14(15)18/h5,7,20,22H,3-4,6H2,1-2H3,(H,19,24)/t7-/m0/s1. The highest BCUT2D eigenvalue weighted by atomic mass is 35.5. The van der Waals surface area contributed by atoms with E-state index in [1.807, 2.05) is 0 Å². The Morgan fingerprint density at radius 1 is 1.54 bits per heavy atom. The van der Waals surface area contributed by atoms with E-state index in [1.54, 1.807) is 6.92 Å². The van der Waals surface area contributed by atoms with E-state index in [2.05, 4.69) is 10.3 Å². The van der Waals surface area contributed by atoms with Gasteiger partial charge in [-0.1, -0.05) is 11.6 Å². The fourth-order valence-electron chi connectivity index (χ4n) is 3.38. The number of amides is 2. The van der Waals surface area contributed by atoms with Crippen molar-refractivity contribution in [2.45, 2.75) is 19.4 Å². The fraction of sp³-hybridized carbons (Fsp3) is 0.375. The molecule has 24 heavy (non-hydrogen) atoms. The summed E-state index contributed by atoms with van der Waals surface area (Å²) in [5.74, 6) is -1.42. The molecule has 0 bridgehead atoms. The highest BCUT2D eigenvalue weighted by molar-refractivity contribution is 6.32. The van der Waals surface area contributed by atoms with Crippen LogP contribution in [0.15, 0.2) is 6.07 Å². The Hall–Kier alpha value is -2.12. The number of aromatic nitrogens is 1. The van der Waals surface area contributed by atoms with Crippen LogP contribution in [-0.4, -0.2) is 47.0 Å². The normalized spacial score (nSPS) is 17.0. The third kappa shape index (κ3) is 2.35. The lowest BCUT2D eigenvalue weighted by Gasteiger charge is -2.33. The number of carbonyl (C=O) groups is 2. The number of aliphatic hydroxyl groups excluding tert-OH is 1. The van der Waals surface area contributed by atoms with Crippen molar-refractivity contribution >= 4 is 34.3 Å². The number of hydrogen-bond donors (Lipinski definition) is 3. The number of halogens is 2. The number of benzene rings is 1. The molecule has 0 saturated heterocycles. The summed E-state index contributed by atoms with van der Waals surface area (Å²) < 4.78 is 14.5. The predicted octanol–water partition coefficient (Wildman–Crippen LogP) is 1.76. The number of H-pyrrole nitrogens is 1. The van der Waals surface area contributed by atoms with Gasteiger partial charge in [0.05, 0.1) is 22.1 Å². The first-order chi connectivity index (χ1) is 11.4. The third-order valence-corrected chi connectivity index (χ3v) is 4.78. The Bertz CT molecular complexity index is 849. The number of nitrogens with zero attached hydrogens (tertiary/aromatic N) is 1. The van der Waals surface area contributed by atoms with Gasteiger partial charge < -0.3 is 20.3 Å². The molecule has 1 aromatic carbocycles. The SMILES string of the molecule is CNC(=O)c1cc(Cl)c(F)c2[nH]c3c(c12)[C@H](C)N(C(=O)CO)CC3. The zero-order chi connectivity index (χ0) is 17.6. The Morgan fingerprint density at radius 3 is 2.88 bits per heavy atom. The number of fused-ring (bicyclic) bond motifs is 3. The van der Waals surface area contributed by atoms with Gasteiger partial charge in [-0.25, -0.2) is 4.39 Å². The van der Waals surface area contributed by atoms with E-state index < -0.39 is 24.4 Å². The van der Waals surface area contributed by atoms with Crippen molar-refractivity contribution in [3.05, 3.63) is 33.7 Å². The lowest BCUT2D eigenvalue weighted by molar-refractivity contribution is -0.136. The summed E-state index contributed by atoms with van der Waals surface area (Å²) in [4.78, 5) is 28.7. The van der Waals surface area contributed by atoms with Crippen LogP contribution in [0.2, 0.25) is 5.02 Å². The van der Waals surface area contributed by atoms with Crippen LogP contribution in [0, 0.1) is 5.82 Å². The van der Waals surface area contributed by atoms with Crippen molar-refractivity contribution in [3.8, 4) is 0 Å². The fourth-order valence-corrected chi connectivity index (χ4v) is 3.58. The smallest absolute Gasteiger partial charge is 0.251 e. The van der Waals surface area contributed by atoms with Gasteiger partial charge in [0.25, 0.3) is 5.91 Å². The second-order valence-electron chi connectivity index (χ2n) is 5.74. The van der Waals surface area contributed by atoms with E-state index in [4.69, 9.17) is 16.7 Å². The molecular formula is C16H17ClFN3O3. The molecule has 1 atom stereocenters. The molecule has 0 radical (unpaired) electrons. The lowest BCUT2D eigenvalue weighted by Crippen LogP contribution is -2.40. The van der Waals surface area contributed by atoms with Crippen LogP contribution in [0.5, 0.6) is 0 Å². The van der Waals surface area contributed by atoms with Crippen molar-refractivity contribution in [2.75, 3.05) is 20.2 Å². The number of hydrogen-bond acceptors (Lipinski definition) is 3. The van der Waals surface area contributed by atoms with Crippen molar-refractivity contribution < 1.29 is 19.1 Å². The highest BCUT2D eigenvalue weighted by Crippen LogP contribution is 2.39. The summed E-state index contributed by atoms with van der Waals surface area (Å²) >= 11 is 5.92. The lowest BCUT2D eigenvalue weighted by atomic mass is 9.94. The molecule has 1 aromatic heterocycles. The summed E-state index contributed by atoms with van der Waals surface area (Å²) in [5, 5.41) is 11.9. The third-order valence-electron chi connectivity index (χ3n) is 4.51. The quantitative estimate of drug-likeness (QED) is 0.769. The van der Waals surface area contributed by atoms with Crippen LogP contribution in [0.3, 0.4) is 0 Å². The second kappa shape index (κ2) is 6.07. The molecule has 1 aliphatic heterocycles. The topological polar surface area (TPSA) is 85.4 Å². The number of carbonyl (C=O) groups excluding carboxylic acids is 2. The molecule has 1 aliphatic rings. The number of nitrogens with one attached hydrogen (secondary N) is 2. The van der Waals surface area contributed by atoms with Gasteiger partial charge in [0.2, 0.25) is 5.91 Å². The molecule has 0 spiro atoms. The molecule has 128 valence electrons. The number of rotatable bonds is 2. The van der Waals surface area contributed by atoms with Gasteiger partial charge in [-0.05, 0) is 13.0 Å². The number of aromatic amines is 1. The van der Waals surface area contributed by atoms with E-state index in [0.29, 0.717) is 23.9 Å². The van der Waals surface area contributed by atoms with E-state index in [0.717, 1.165) is 5.69 Å². The van der Waals surface area contributed by atoms with E-state index in [-0.39, 0.29) is 22.0 Å². The zero-order valence-corrected chi connectivity index (χ0v) is 14.0. The summed E-state index contributed by atoms with van der Waals surface area (Å²) in [5.41, 5.74) is 1.87. The molecule has 2 amide bonds. The van der Waals surface area contributed by atoms with Gasteiger partial charge in [-0.3, -0.25) is 9.59 Å². The molecule has 0 fully saturated rings. The molecule has 2 heterocycles. The summed E-state index contributed by atoms with van der Waals surface area (Å²) in [6.07, 6.45) is 0.477. The molecule has 0 unspecified atom stereocenters. The summed E-state index contributed by atoms with van der Waals surface area (Å²) in [6, 6.07) is 0.900. The minimum Gasteiger partial charge on any atom is -0.387 e. The second-order valence-corrected chi connectivity index (χ2v) is 6.14. The van der Waals surface area contributed by atoms with Crippen LogP contribution in [-0.2, 0) is 11.2 Å². The van der Waals surface area contributed by atoms with Crippen LogP contribution < -0.4 is 5.32 Å². The maximum Gasteiger partial charge on any atom is 0.251 e. The largest absolute Gasteiger partial charge is 0.387 e. The van der Waals surface area contributed by atoms with Gasteiger partial charge in [0, 0.05) is 36.7 Å². The summed E-state index contributed by atoms with van der Waals surface area (Å²) in [6.45, 7) is 1.61. The zero-order valence-electron chi connectivity index (χ0n) is 13.2. The van der Waals surface area contributed by atoms with Crippen molar-refractivity contribution in [2.24, 2.45) is 0 Å². The molecule has 0 aliphatic carbocycles. The monoisotopic (exact) mass is 353 g/mol. The Balaban J connectivity index is 2.30. The molecule has 3 N–H and O–H groups in total. The first-order valence-corrected chi connectivity index (χ1v) is 7.93. The molecule has 8 heteroatoms. The van der Waals surface area contributed by atoms with Gasteiger partial charge in [0.1, 0.15) is 6.61 Å².